The van der Waals surface area contributed by atoms with Crippen LogP contribution in [0.3, 0.4) is 0 Å². The molecule has 2 heterocycles. The molecule has 0 atom stereocenters. The van der Waals surface area contributed by atoms with E-state index in [2.05, 4.69) is 4.98 Å². The lowest BCUT2D eigenvalue weighted by Crippen LogP contribution is -2.37. The molecule has 0 unspecified atom stereocenters. The summed E-state index contributed by atoms with van der Waals surface area (Å²) in [7, 11) is 1.94. The molecule has 0 aliphatic heterocycles. The smallest absolute Gasteiger partial charge is 0.227 e. The number of benzene rings is 1. The molecule has 0 saturated heterocycles. The number of aryl methyl sites for hydroxylation is 1. The van der Waals surface area contributed by atoms with Crippen LogP contribution < -0.4 is 4.57 Å². The zero-order valence-corrected chi connectivity index (χ0v) is 11.7. The van der Waals surface area contributed by atoms with Gasteiger partial charge >= 0.3 is 0 Å². The summed E-state index contributed by atoms with van der Waals surface area (Å²) in [6, 6.07) is 8.88. The van der Waals surface area contributed by atoms with E-state index in [9.17, 15) is 4.79 Å². The van der Waals surface area contributed by atoms with Gasteiger partial charge in [0.05, 0.1) is 11.8 Å². The summed E-state index contributed by atoms with van der Waals surface area (Å²) in [5.74, 6) is 0.0435. The number of Topliss-reactive ketones (excluding diaryl/α,β-unsaturated/α-hetero) is 1. The Morgan fingerprint density at radius 3 is 2.80 bits per heavy atom. The molecule has 0 saturated carbocycles. The number of halogens is 1. The highest BCUT2D eigenvalue weighted by molar-refractivity contribution is 6.30. The van der Waals surface area contributed by atoms with Gasteiger partial charge in [0, 0.05) is 23.7 Å². The molecule has 5 heteroatoms. The van der Waals surface area contributed by atoms with Gasteiger partial charge in [0.1, 0.15) is 0 Å². The Labute approximate surface area is 121 Å². The maximum Gasteiger partial charge on any atom is 0.227 e. The summed E-state index contributed by atoms with van der Waals surface area (Å²) >= 11 is 5.82. The van der Waals surface area contributed by atoms with E-state index < -0.39 is 0 Å². The van der Waals surface area contributed by atoms with Crippen molar-refractivity contribution in [1.29, 1.82) is 0 Å². The van der Waals surface area contributed by atoms with Gasteiger partial charge in [0.15, 0.2) is 17.9 Å². The molecule has 3 aromatic rings. The van der Waals surface area contributed by atoms with E-state index in [0.717, 1.165) is 11.0 Å². The van der Waals surface area contributed by atoms with Crippen LogP contribution in [0, 0.1) is 0 Å². The Balaban J connectivity index is 1.85. The van der Waals surface area contributed by atoms with Crippen LogP contribution in [0.2, 0.25) is 5.02 Å². The number of carbonyl (C=O) groups is 1. The van der Waals surface area contributed by atoms with Gasteiger partial charge in [-0.2, -0.15) is 4.57 Å². The first-order chi connectivity index (χ1) is 9.63. The van der Waals surface area contributed by atoms with Crippen LogP contribution in [0.4, 0.5) is 0 Å². The van der Waals surface area contributed by atoms with Gasteiger partial charge in [-0.05, 0) is 24.3 Å². The fourth-order valence-corrected chi connectivity index (χ4v) is 2.24. The molecule has 4 nitrogen and oxygen atoms in total. The van der Waals surface area contributed by atoms with Crippen LogP contribution in [0.15, 0.2) is 49.1 Å². The van der Waals surface area contributed by atoms with Gasteiger partial charge in [0.25, 0.3) is 0 Å². The Morgan fingerprint density at radius 2 is 2.05 bits per heavy atom. The molecule has 2 aromatic heterocycles. The fourth-order valence-electron chi connectivity index (χ4n) is 2.12. The molecule has 0 aliphatic rings. The SMILES string of the molecule is Cn1cnc2c[n+](CC(=O)c3ccc(Cl)cc3)ccc21. The molecule has 3 rings (SSSR count). The van der Waals surface area contributed by atoms with Gasteiger partial charge < -0.3 is 4.57 Å². The lowest BCUT2D eigenvalue weighted by atomic mass is 10.1. The lowest BCUT2D eigenvalue weighted by molar-refractivity contribution is -0.681. The molecule has 100 valence electrons. The van der Waals surface area contributed by atoms with Crippen molar-refractivity contribution in [2.75, 3.05) is 0 Å². The van der Waals surface area contributed by atoms with Crippen LogP contribution >= 0.6 is 11.6 Å². The van der Waals surface area contributed by atoms with Gasteiger partial charge in [-0.3, -0.25) is 4.79 Å². The first kappa shape index (κ1) is 12.8. The third-order valence-corrected chi connectivity index (χ3v) is 3.47. The number of fused-ring (bicyclic) bond motifs is 1. The quantitative estimate of drug-likeness (QED) is 0.548. The van der Waals surface area contributed by atoms with Gasteiger partial charge in [-0.25, -0.2) is 4.98 Å². The largest absolute Gasteiger partial charge is 0.333 e. The number of imidazole rings is 1. The van der Waals surface area contributed by atoms with Crippen LogP contribution in [0.1, 0.15) is 10.4 Å². The summed E-state index contributed by atoms with van der Waals surface area (Å²) in [6.45, 7) is 0.286. The molecule has 0 aliphatic carbocycles. The van der Waals surface area contributed by atoms with Crippen LogP contribution in [-0.4, -0.2) is 15.3 Å². The third-order valence-electron chi connectivity index (χ3n) is 3.22. The second-order valence-electron chi connectivity index (χ2n) is 4.67. The van der Waals surface area contributed by atoms with Crippen molar-refractivity contribution in [3.8, 4) is 0 Å². The average Bonchev–Trinajstić information content (AvgIpc) is 2.81. The maximum absolute atomic E-state index is 12.2. The van der Waals surface area contributed by atoms with E-state index in [1.165, 1.54) is 0 Å². The number of rotatable bonds is 3. The average molecular weight is 287 g/mol. The van der Waals surface area contributed by atoms with Crippen molar-refractivity contribution >= 4 is 28.4 Å². The highest BCUT2D eigenvalue weighted by Gasteiger charge is 2.13. The molecule has 0 amide bonds. The predicted octanol–water partition coefficient (Wildman–Crippen LogP) is 2.40. The van der Waals surface area contributed by atoms with Crippen molar-refractivity contribution in [2.45, 2.75) is 6.54 Å². The monoisotopic (exact) mass is 286 g/mol. The minimum atomic E-state index is 0.0435. The van der Waals surface area contributed by atoms with Crippen molar-refractivity contribution in [3.05, 3.63) is 59.6 Å². The Kier molecular flexibility index (Phi) is 3.24. The second kappa shape index (κ2) is 5.06. The Morgan fingerprint density at radius 1 is 1.30 bits per heavy atom. The molecule has 20 heavy (non-hydrogen) atoms. The third kappa shape index (κ3) is 2.42. The molecule has 0 fully saturated rings. The number of carbonyl (C=O) groups excluding carboxylic acids is 1. The number of aromatic nitrogens is 3. The highest BCUT2D eigenvalue weighted by atomic mass is 35.5. The van der Waals surface area contributed by atoms with Crippen LogP contribution in [0.5, 0.6) is 0 Å². The van der Waals surface area contributed by atoms with E-state index >= 15 is 0 Å². The van der Waals surface area contributed by atoms with E-state index in [-0.39, 0.29) is 12.3 Å². The van der Waals surface area contributed by atoms with Crippen molar-refractivity contribution in [1.82, 2.24) is 9.55 Å². The normalized spacial score (nSPS) is 10.9. The number of pyridine rings is 1. The highest BCUT2D eigenvalue weighted by Crippen LogP contribution is 2.11. The zero-order valence-electron chi connectivity index (χ0n) is 11.0. The van der Waals surface area contributed by atoms with E-state index in [1.807, 2.05) is 34.6 Å². The van der Waals surface area contributed by atoms with E-state index in [1.54, 1.807) is 30.6 Å². The standard InChI is InChI=1S/C15H13ClN3O/c1-18-10-17-13-8-19(7-6-14(13)18)9-15(20)11-2-4-12(16)5-3-11/h2-8,10H,9H2,1H3/q+1. The topological polar surface area (TPSA) is 38.8 Å². The summed E-state index contributed by atoms with van der Waals surface area (Å²) < 4.78 is 3.78. The zero-order chi connectivity index (χ0) is 14.1. The molecule has 0 spiro atoms. The molecule has 1 aromatic carbocycles. The van der Waals surface area contributed by atoms with Gasteiger partial charge in [-0.1, -0.05) is 11.6 Å². The van der Waals surface area contributed by atoms with Gasteiger partial charge in [-0.15, -0.1) is 0 Å². The van der Waals surface area contributed by atoms with Crippen molar-refractivity contribution in [2.24, 2.45) is 7.05 Å². The molecular weight excluding hydrogens is 274 g/mol. The molecule has 0 bridgehead atoms. The first-order valence-electron chi connectivity index (χ1n) is 6.22. The number of hydrogen-bond acceptors (Lipinski definition) is 2. The van der Waals surface area contributed by atoms with Crippen LogP contribution in [-0.2, 0) is 13.6 Å². The number of nitrogens with zero attached hydrogens (tertiary/aromatic N) is 3. The molecular formula is C15H13ClN3O+. The summed E-state index contributed by atoms with van der Waals surface area (Å²) in [5.41, 5.74) is 2.57. The van der Waals surface area contributed by atoms with Gasteiger partial charge in [0.2, 0.25) is 12.3 Å². The summed E-state index contributed by atoms with van der Waals surface area (Å²) in [6.07, 6.45) is 5.52. The molecule has 0 radical (unpaired) electrons. The summed E-state index contributed by atoms with van der Waals surface area (Å²) in [5, 5.41) is 0.629. The maximum atomic E-state index is 12.2. The van der Waals surface area contributed by atoms with Crippen LogP contribution in [0.25, 0.3) is 11.0 Å². The van der Waals surface area contributed by atoms with Crippen molar-refractivity contribution < 1.29 is 9.36 Å². The number of ketones is 1. The molecule has 0 N–H and O–H groups in total. The first-order valence-corrected chi connectivity index (χ1v) is 6.60. The minimum absolute atomic E-state index is 0.0435. The second-order valence-corrected chi connectivity index (χ2v) is 5.11. The predicted molar refractivity (Wildman–Crippen MR) is 76.7 cm³/mol. The Hall–Kier alpha value is -2.20. The van der Waals surface area contributed by atoms with E-state index in [0.29, 0.717) is 10.6 Å². The fraction of sp³-hybridized carbons (Fsp3) is 0.133. The van der Waals surface area contributed by atoms with E-state index in [4.69, 9.17) is 11.6 Å². The van der Waals surface area contributed by atoms with Crippen molar-refractivity contribution in [3.63, 3.8) is 0 Å². The Bertz CT molecular complexity index is 777. The number of hydrogen-bond donors (Lipinski definition) is 0. The lowest BCUT2D eigenvalue weighted by Gasteiger charge is -1.99. The minimum Gasteiger partial charge on any atom is -0.333 e. The summed E-state index contributed by atoms with van der Waals surface area (Å²) in [4.78, 5) is 16.5.